The number of ether oxygens (including phenoxy) is 18. The standard InChI is InChI=1S/C20H42O8.C14H30O5.C10H22O3.C8H18O2/c1-4-5-21-6-7-22-8-9-23-10-11-24-12-13-25-14-15-26-16-17-27-18-19-28-20(2)3;1-4-5-15-6-7-16-8-9-17-10-11-18-12-13-19-14(2)3;1-4-5-11-6-7-12-8-9-13-10(2)3;1-4-5-9-6-7-10-8(2)3/h20H,4-19H2,1-3H3;14H,4-13H2,1-3H3;10H,4-9H2,1-3H3;8H,4-7H2,1-3H3. The highest BCUT2D eigenvalue weighted by Gasteiger charge is 1.98. The average Bonchev–Trinajstić information content (AvgIpc) is 3.33. The second-order valence-corrected chi connectivity index (χ2v) is 16.3. The molecule has 0 amide bonds. The van der Waals surface area contributed by atoms with Crippen LogP contribution in [-0.2, 0) is 85.3 Å². The van der Waals surface area contributed by atoms with Crippen LogP contribution in [-0.4, -0.2) is 236 Å². The lowest BCUT2D eigenvalue weighted by atomic mass is 10.5. The zero-order valence-corrected chi connectivity index (χ0v) is 47.1. The molecule has 0 fully saturated rings. The molecule has 0 atom stereocenters. The van der Waals surface area contributed by atoms with Crippen LogP contribution in [0.25, 0.3) is 0 Å². The number of hydrogen-bond acceptors (Lipinski definition) is 18. The van der Waals surface area contributed by atoms with E-state index in [1.54, 1.807) is 0 Å². The molecule has 0 aliphatic rings. The normalized spacial score (nSPS) is 11.3. The molecule has 0 aromatic rings. The van der Waals surface area contributed by atoms with E-state index in [0.717, 1.165) is 65.3 Å². The van der Waals surface area contributed by atoms with Crippen molar-refractivity contribution in [3.05, 3.63) is 0 Å². The Morgan fingerprint density at radius 1 is 0.157 bits per heavy atom. The van der Waals surface area contributed by atoms with E-state index in [1.165, 1.54) is 0 Å². The van der Waals surface area contributed by atoms with E-state index in [0.29, 0.717) is 184 Å². The molecule has 0 saturated heterocycles. The minimum absolute atomic E-state index is 0.244. The van der Waals surface area contributed by atoms with Gasteiger partial charge in [0.1, 0.15) is 0 Å². The van der Waals surface area contributed by atoms with Crippen LogP contribution in [0.1, 0.15) is 109 Å². The highest BCUT2D eigenvalue weighted by molar-refractivity contribution is 4.42. The molecular weight excluding hydrogens is 913 g/mol. The van der Waals surface area contributed by atoms with Crippen LogP contribution in [0.4, 0.5) is 0 Å². The fourth-order valence-electron chi connectivity index (χ4n) is 4.56. The maximum absolute atomic E-state index is 5.42. The van der Waals surface area contributed by atoms with Gasteiger partial charge in [-0.1, -0.05) is 27.7 Å². The van der Waals surface area contributed by atoms with E-state index >= 15 is 0 Å². The van der Waals surface area contributed by atoms with Gasteiger partial charge in [0.25, 0.3) is 0 Å². The molecule has 70 heavy (non-hydrogen) atoms. The van der Waals surface area contributed by atoms with Gasteiger partial charge in [-0.05, 0) is 81.1 Å². The minimum atomic E-state index is 0.244. The van der Waals surface area contributed by atoms with Gasteiger partial charge < -0.3 is 85.3 Å². The molecule has 0 heterocycles. The molecular formula is C52H112O18. The largest absolute Gasteiger partial charge is 0.379 e. The summed E-state index contributed by atoms with van der Waals surface area (Å²) >= 11 is 0. The van der Waals surface area contributed by atoms with Gasteiger partial charge in [-0.3, -0.25) is 0 Å². The molecule has 428 valence electrons. The summed E-state index contributed by atoms with van der Waals surface area (Å²) in [5, 5.41) is 0. The Labute approximate surface area is 428 Å². The highest BCUT2D eigenvalue weighted by atomic mass is 16.6. The van der Waals surface area contributed by atoms with Gasteiger partial charge in [0.2, 0.25) is 0 Å². The lowest BCUT2D eigenvalue weighted by molar-refractivity contribution is -0.0255. The molecule has 0 aromatic heterocycles. The molecule has 0 bridgehead atoms. The van der Waals surface area contributed by atoms with Crippen LogP contribution < -0.4 is 0 Å². The van der Waals surface area contributed by atoms with Crippen molar-refractivity contribution in [2.75, 3.05) is 211 Å². The molecule has 0 aliphatic carbocycles. The van der Waals surface area contributed by atoms with Gasteiger partial charge in [-0.25, -0.2) is 0 Å². The zero-order valence-electron chi connectivity index (χ0n) is 47.1. The van der Waals surface area contributed by atoms with Crippen molar-refractivity contribution >= 4 is 0 Å². The van der Waals surface area contributed by atoms with Crippen LogP contribution in [0.15, 0.2) is 0 Å². The lowest BCUT2D eigenvalue weighted by Gasteiger charge is -2.09. The van der Waals surface area contributed by atoms with Gasteiger partial charge in [0, 0.05) is 26.4 Å². The first-order valence-electron chi connectivity index (χ1n) is 26.6. The van der Waals surface area contributed by atoms with Crippen molar-refractivity contribution in [1.82, 2.24) is 0 Å². The number of rotatable bonds is 54. The Morgan fingerprint density at radius 2 is 0.257 bits per heavy atom. The Morgan fingerprint density at radius 3 is 0.357 bits per heavy atom. The van der Waals surface area contributed by atoms with Crippen molar-refractivity contribution in [1.29, 1.82) is 0 Å². The summed E-state index contributed by atoms with van der Waals surface area (Å²) in [5.41, 5.74) is 0. The van der Waals surface area contributed by atoms with Crippen molar-refractivity contribution in [2.45, 2.75) is 133 Å². The Balaban J connectivity index is -0.000000448. The predicted octanol–water partition coefficient (Wildman–Crippen LogP) is 7.52. The monoisotopic (exact) mass is 1020 g/mol. The molecule has 0 unspecified atom stereocenters. The predicted molar refractivity (Wildman–Crippen MR) is 277 cm³/mol. The fraction of sp³-hybridized carbons (Fsp3) is 1.00. The SMILES string of the molecule is CCCOCCOC(C)C.CCCOCCOCCOC(C)C.CCCOCCOCCOCCOCCOC(C)C.CCCOCCOCCOCCOCCOCCOCCOCCOC(C)C. The molecule has 0 radical (unpaired) electrons. The van der Waals surface area contributed by atoms with Crippen molar-refractivity contribution < 1.29 is 85.3 Å². The van der Waals surface area contributed by atoms with Crippen molar-refractivity contribution in [2.24, 2.45) is 0 Å². The third-order valence-corrected chi connectivity index (χ3v) is 7.83. The summed E-state index contributed by atoms with van der Waals surface area (Å²) in [7, 11) is 0. The van der Waals surface area contributed by atoms with E-state index in [4.69, 9.17) is 85.3 Å². The summed E-state index contributed by atoms with van der Waals surface area (Å²) < 4.78 is 96.1. The van der Waals surface area contributed by atoms with Crippen LogP contribution >= 0.6 is 0 Å². The van der Waals surface area contributed by atoms with Crippen LogP contribution in [0.3, 0.4) is 0 Å². The van der Waals surface area contributed by atoms with E-state index < -0.39 is 0 Å². The molecule has 0 aromatic carbocycles. The summed E-state index contributed by atoms with van der Waals surface area (Å²) in [6.07, 6.45) is 5.35. The minimum Gasteiger partial charge on any atom is -0.379 e. The third kappa shape index (κ3) is 90.1. The highest BCUT2D eigenvalue weighted by Crippen LogP contribution is 1.92. The summed E-state index contributed by atoms with van der Waals surface area (Å²) in [6.45, 7) is 44.9. The maximum atomic E-state index is 5.42. The van der Waals surface area contributed by atoms with E-state index in [-0.39, 0.29) is 12.2 Å². The summed E-state index contributed by atoms with van der Waals surface area (Å²) in [4.78, 5) is 0. The van der Waals surface area contributed by atoms with Gasteiger partial charge in [-0.15, -0.1) is 0 Å². The topological polar surface area (TPSA) is 166 Å². The zero-order chi connectivity index (χ0) is 52.5. The van der Waals surface area contributed by atoms with E-state index in [1.807, 2.05) is 55.4 Å². The van der Waals surface area contributed by atoms with Crippen molar-refractivity contribution in [3.63, 3.8) is 0 Å². The van der Waals surface area contributed by atoms with Gasteiger partial charge in [0.05, 0.1) is 209 Å². The molecule has 18 heteroatoms. The number of hydrogen-bond donors (Lipinski definition) is 0. The lowest BCUT2D eigenvalue weighted by Crippen LogP contribution is -2.15. The van der Waals surface area contributed by atoms with Gasteiger partial charge in [0.15, 0.2) is 0 Å². The second kappa shape index (κ2) is 72.5. The summed E-state index contributed by atoms with van der Waals surface area (Å²) in [6, 6.07) is 0. The van der Waals surface area contributed by atoms with Crippen LogP contribution in [0.5, 0.6) is 0 Å². The molecule has 0 N–H and O–H groups in total. The smallest absolute Gasteiger partial charge is 0.0703 e. The maximum Gasteiger partial charge on any atom is 0.0703 e. The Kier molecular flexibility index (Phi) is 78.5. The quantitative estimate of drug-likeness (QED) is 0.0549. The van der Waals surface area contributed by atoms with Gasteiger partial charge >= 0.3 is 0 Å². The molecule has 0 spiro atoms. The second-order valence-electron chi connectivity index (χ2n) is 16.3. The summed E-state index contributed by atoms with van der Waals surface area (Å²) in [5.74, 6) is 0. The Hall–Kier alpha value is -0.720. The fourth-order valence-corrected chi connectivity index (χ4v) is 4.56. The van der Waals surface area contributed by atoms with Crippen LogP contribution in [0.2, 0.25) is 0 Å². The molecule has 0 rings (SSSR count). The third-order valence-electron chi connectivity index (χ3n) is 7.83. The van der Waals surface area contributed by atoms with Crippen LogP contribution in [0, 0.1) is 0 Å². The van der Waals surface area contributed by atoms with Crippen molar-refractivity contribution in [3.8, 4) is 0 Å². The van der Waals surface area contributed by atoms with Gasteiger partial charge in [-0.2, -0.15) is 0 Å². The first-order valence-corrected chi connectivity index (χ1v) is 26.6. The molecule has 0 aliphatic heterocycles. The molecule has 0 saturated carbocycles. The first-order chi connectivity index (χ1) is 34.1. The first kappa shape index (κ1) is 75.8. The Bertz CT molecular complexity index is 847. The molecule has 18 nitrogen and oxygen atoms in total. The van der Waals surface area contributed by atoms with E-state index in [2.05, 4.69) is 27.7 Å². The van der Waals surface area contributed by atoms with E-state index in [9.17, 15) is 0 Å². The average molecular weight is 1030 g/mol.